The van der Waals surface area contributed by atoms with Gasteiger partial charge < -0.3 is 9.64 Å². The Morgan fingerprint density at radius 3 is 2.30 bits per heavy atom. The number of ketones is 1. The van der Waals surface area contributed by atoms with Crippen LogP contribution in [0.25, 0.3) is 22.5 Å². The normalized spacial score (nSPS) is 11.5. The van der Waals surface area contributed by atoms with Gasteiger partial charge in [0.05, 0.1) is 17.9 Å². The number of halogens is 2. The molecule has 0 radical (unpaired) electrons. The lowest BCUT2D eigenvalue weighted by Crippen LogP contribution is -2.40. The van der Waals surface area contributed by atoms with Crippen LogP contribution in [0.1, 0.15) is 16.8 Å². The summed E-state index contributed by atoms with van der Waals surface area (Å²) >= 11 is 0. The van der Waals surface area contributed by atoms with Gasteiger partial charge in [-0.05, 0) is 50.0 Å². The van der Waals surface area contributed by atoms with Crippen molar-refractivity contribution in [3.8, 4) is 11.5 Å². The highest BCUT2D eigenvalue weighted by Crippen LogP contribution is 2.23. The summed E-state index contributed by atoms with van der Waals surface area (Å²) in [5.74, 6) is -2.06. The Balaban J connectivity index is 1.79. The fourth-order valence-electron chi connectivity index (χ4n) is 4.76. The van der Waals surface area contributed by atoms with E-state index < -0.39 is 40.6 Å². The molecule has 0 spiro atoms. The number of hydrogen-bond donors (Lipinski definition) is 1. The second-order valence-corrected chi connectivity index (χ2v) is 10.1. The number of carbonyl (C=O) groups is 1. The zero-order valence-electron chi connectivity index (χ0n) is 23.5. The van der Waals surface area contributed by atoms with Crippen LogP contribution in [-0.2, 0) is 29.0 Å². The molecule has 0 bridgehead atoms. The summed E-state index contributed by atoms with van der Waals surface area (Å²) in [7, 11) is 5.00. The predicted octanol–water partition coefficient (Wildman–Crippen LogP) is 1.57. The summed E-state index contributed by atoms with van der Waals surface area (Å²) < 4.78 is 37.6. The minimum absolute atomic E-state index is 0.0115. The van der Waals surface area contributed by atoms with E-state index in [1.807, 2.05) is 0 Å². The molecule has 0 aliphatic carbocycles. The van der Waals surface area contributed by atoms with E-state index in [0.29, 0.717) is 11.4 Å². The first-order valence-corrected chi connectivity index (χ1v) is 13.1. The predicted molar refractivity (Wildman–Crippen MR) is 153 cm³/mol. The third-order valence-electron chi connectivity index (χ3n) is 6.68. The molecule has 222 valence electrons. The molecule has 0 fully saturated rings. The lowest BCUT2D eigenvalue weighted by Gasteiger charge is -2.14. The molecule has 12 nitrogen and oxygen atoms in total. The van der Waals surface area contributed by atoms with Crippen molar-refractivity contribution in [3.63, 3.8) is 0 Å². The van der Waals surface area contributed by atoms with Crippen LogP contribution in [0.5, 0.6) is 0 Å². The number of rotatable bonds is 10. The number of hydrogen-bond acceptors (Lipinski definition) is 8. The molecule has 0 saturated carbocycles. The molecule has 43 heavy (non-hydrogen) atoms. The van der Waals surface area contributed by atoms with Crippen LogP contribution in [0.15, 0.2) is 69.0 Å². The number of aromatic nitrogens is 6. The molecular formula is C29H27F2N7O5. The first-order valence-electron chi connectivity index (χ1n) is 13.1. The lowest BCUT2D eigenvalue weighted by molar-refractivity contribution is -0.121. The van der Waals surface area contributed by atoms with Crippen LogP contribution < -0.4 is 16.8 Å². The number of carbonyl (C=O) groups excluding carboxylic acids is 1. The Bertz CT molecular complexity index is 1970. The number of fused-ring (bicyclic) bond motifs is 1. The molecule has 2 aromatic carbocycles. The molecule has 0 aliphatic heterocycles. The summed E-state index contributed by atoms with van der Waals surface area (Å²) in [5.41, 5.74) is -1.18. The first kappa shape index (κ1) is 29.4. The van der Waals surface area contributed by atoms with Crippen molar-refractivity contribution in [2.24, 2.45) is 0 Å². The maximum Gasteiger partial charge on any atom is 0.338 e. The van der Waals surface area contributed by atoms with Gasteiger partial charge in [-0.3, -0.25) is 19.0 Å². The van der Waals surface area contributed by atoms with Gasteiger partial charge in [-0.1, -0.05) is 18.2 Å². The minimum atomic E-state index is -0.965. The van der Waals surface area contributed by atoms with Crippen LogP contribution in [0, 0.1) is 11.6 Å². The van der Waals surface area contributed by atoms with Gasteiger partial charge in [0.2, 0.25) is 0 Å². The molecule has 0 aliphatic rings. The highest BCUT2D eigenvalue weighted by molar-refractivity contribution is 5.82. The number of nitrogens with zero attached hydrogens (tertiary/aromatic N) is 6. The molecule has 5 aromatic rings. The van der Waals surface area contributed by atoms with Crippen molar-refractivity contribution in [3.05, 3.63) is 114 Å². The second-order valence-electron chi connectivity index (χ2n) is 10.1. The molecule has 3 aromatic heterocycles. The summed E-state index contributed by atoms with van der Waals surface area (Å²) in [6.45, 7) is -0.419. The summed E-state index contributed by atoms with van der Waals surface area (Å²) in [5, 5.41) is 10.7. The Morgan fingerprint density at radius 2 is 1.70 bits per heavy atom. The molecule has 0 saturated heterocycles. The number of methoxy groups -OCH3 is 1. The molecule has 0 unspecified atom stereocenters. The average Bonchev–Trinajstić information content (AvgIpc) is 3.32. The van der Waals surface area contributed by atoms with Gasteiger partial charge in [-0.15, -0.1) is 5.10 Å². The van der Waals surface area contributed by atoms with Gasteiger partial charge in [-0.2, -0.15) is 5.10 Å². The Labute approximate surface area is 242 Å². The van der Waals surface area contributed by atoms with E-state index in [9.17, 15) is 28.0 Å². The molecule has 1 N–H and O–H groups in total. The number of H-pyrrole nitrogens is 1. The van der Waals surface area contributed by atoms with Gasteiger partial charge in [-0.25, -0.2) is 27.9 Å². The van der Waals surface area contributed by atoms with Crippen molar-refractivity contribution in [1.29, 1.82) is 0 Å². The number of nitrogens with one attached hydrogen (secondary N) is 1. The molecule has 0 atom stereocenters. The van der Waals surface area contributed by atoms with Crippen LogP contribution >= 0.6 is 0 Å². The summed E-state index contributed by atoms with van der Waals surface area (Å²) in [6.07, 6.45) is 0.157. The molecular weight excluding hydrogens is 564 g/mol. The lowest BCUT2D eigenvalue weighted by atomic mass is 10.1. The fraction of sp³-hybridized carbons (Fsp3) is 0.241. The van der Waals surface area contributed by atoms with E-state index in [2.05, 4.69) is 15.3 Å². The number of ether oxygens (including phenoxy) is 1. The van der Waals surface area contributed by atoms with Gasteiger partial charge in [0.25, 0.3) is 11.1 Å². The minimum Gasteiger partial charge on any atom is -0.377 e. The third kappa shape index (κ3) is 5.82. The maximum atomic E-state index is 14.8. The van der Waals surface area contributed by atoms with Crippen molar-refractivity contribution in [1.82, 2.24) is 34.0 Å². The zero-order valence-corrected chi connectivity index (χ0v) is 23.5. The molecule has 14 heteroatoms. The average molecular weight is 592 g/mol. The summed E-state index contributed by atoms with van der Waals surface area (Å²) in [6, 6.07) is 12.5. The highest BCUT2D eigenvalue weighted by Gasteiger charge is 2.25. The Hall–Kier alpha value is -5.08. The molecule has 5 rings (SSSR count). The Morgan fingerprint density at radius 1 is 1.00 bits per heavy atom. The number of benzene rings is 2. The third-order valence-corrected chi connectivity index (χ3v) is 6.68. The largest absolute Gasteiger partial charge is 0.377 e. The van der Waals surface area contributed by atoms with Crippen LogP contribution in [-0.4, -0.2) is 67.6 Å². The van der Waals surface area contributed by atoms with E-state index in [0.717, 1.165) is 32.9 Å². The summed E-state index contributed by atoms with van der Waals surface area (Å²) in [4.78, 5) is 53.3. The van der Waals surface area contributed by atoms with Gasteiger partial charge in [0.15, 0.2) is 17.2 Å². The van der Waals surface area contributed by atoms with Crippen molar-refractivity contribution >= 4 is 16.8 Å². The van der Waals surface area contributed by atoms with Crippen molar-refractivity contribution in [2.75, 3.05) is 27.8 Å². The fourth-order valence-corrected chi connectivity index (χ4v) is 4.76. The number of aromatic amines is 1. The Kier molecular flexibility index (Phi) is 8.23. The standard InChI is InChI=1S/C29H27F2N7O5/c1-35(2)15-23-26-27(34-38(23)18-9-7-17(8-10-18)13-19(39)16-43-3)36(14-20-21(30)5-4-6-22(20)31)29(42)37(28(26)41)24-11-12-25(40)33-32-24/h4-12H,13-16H2,1-3H3,(H,33,40). The van der Waals surface area contributed by atoms with Gasteiger partial charge >= 0.3 is 5.69 Å². The quantitative estimate of drug-likeness (QED) is 0.259. The van der Waals surface area contributed by atoms with E-state index in [-0.39, 0.29) is 42.2 Å². The highest BCUT2D eigenvalue weighted by atomic mass is 19.1. The van der Waals surface area contributed by atoms with Gasteiger partial charge in [0, 0.05) is 31.7 Å². The van der Waals surface area contributed by atoms with Crippen molar-refractivity contribution in [2.45, 2.75) is 19.5 Å². The van der Waals surface area contributed by atoms with E-state index in [1.54, 1.807) is 43.3 Å². The zero-order chi connectivity index (χ0) is 30.8. The smallest absolute Gasteiger partial charge is 0.338 e. The van der Waals surface area contributed by atoms with Crippen LogP contribution in [0.3, 0.4) is 0 Å². The topological polar surface area (TPSA) is 137 Å². The van der Waals surface area contributed by atoms with Gasteiger partial charge in [0.1, 0.15) is 23.6 Å². The first-order chi connectivity index (χ1) is 20.6. The molecule has 0 amide bonds. The SMILES string of the molecule is COCC(=O)Cc1ccc(-n2nc3c(c2CN(C)C)c(=O)n(-c2ccc(=O)[nH]n2)c(=O)n3Cc2c(F)cccc2F)cc1. The van der Waals surface area contributed by atoms with Crippen LogP contribution in [0.4, 0.5) is 8.78 Å². The maximum absolute atomic E-state index is 14.8. The van der Waals surface area contributed by atoms with Crippen LogP contribution in [0.2, 0.25) is 0 Å². The monoisotopic (exact) mass is 591 g/mol. The van der Waals surface area contributed by atoms with Crippen molar-refractivity contribution < 1.29 is 18.3 Å². The van der Waals surface area contributed by atoms with E-state index in [4.69, 9.17) is 4.74 Å². The van der Waals surface area contributed by atoms with E-state index in [1.165, 1.54) is 23.9 Å². The van der Waals surface area contributed by atoms with E-state index >= 15 is 0 Å². The molecule has 3 heterocycles. The second kappa shape index (κ2) is 12.0. The number of Topliss-reactive ketones (excluding diaryl/α,β-unsaturated/α-hetero) is 1.